The third kappa shape index (κ3) is 6.06. The van der Waals surface area contributed by atoms with Crippen LogP contribution in [-0.2, 0) is 0 Å². The molecule has 0 aliphatic heterocycles. The van der Waals surface area contributed by atoms with E-state index in [1.54, 1.807) is 11.1 Å². The molecule has 0 fully saturated rings. The van der Waals surface area contributed by atoms with Crippen LogP contribution in [0.2, 0.25) is 0 Å². The van der Waals surface area contributed by atoms with Crippen LogP contribution in [0.5, 0.6) is 11.5 Å². The average Bonchev–Trinajstić information content (AvgIpc) is 3.85. The van der Waals surface area contributed by atoms with Crippen molar-refractivity contribution in [2.45, 2.75) is 0 Å². The monoisotopic (exact) mass is 611 g/mol. The molecule has 0 atom stereocenters. The molecule has 7 heteroatoms. The number of hydrogen-bond donors (Lipinski definition) is 0. The third-order valence-corrected chi connectivity index (χ3v) is 7.80. The lowest BCUT2D eigenvalue weighted by Crippen LogP contribution is -2.31. The van der Waals surface area contributed by atoms with Crippen molar-refractivity contribution < 1.29 is 18.3 Å². The van der Waals surface area contributed by atoms with Crippen LogP contribution in [0, 0.1) is 0 Å². The number of nitrogens with zero attached hydrogens (tertiary/aromatic N) is 4. The molecule has 7 nitrogen and oxygen atoms in total. The molecule has 0 aliphatic carbocycles. The molecule has 0 radical (unpaired) electrons. The summed E-state index contributed by atoms with van der Waals surface area (Å²) in [7, 11) is 0. The van der Waals surface area contributed by atoms with E-state index in [4.69, 9.17) is 13.6 Å². The van der Waals surface area contributed by atoms with E-state index in [9.17, 15) is 0 Å². The third-order valence-electron chi connectivity index (χ3n) is 7.80. The van der Waals surface area contributed by atoms with Crippen LogP contribution in [0.25, 0.3) is 62.3 Å². The van der Waals surface area contributed by atoms with Gasteiger partial charge in [-0.1, -0.05) is 84.9 Å². The standard InChI is InChI=1S/C40H27N4O3/c1-3-7-28(8-4-1)30-11-15-32(16-12-30)38-41-42-39(47-38)33-19-23-36(24-20-33)46-37-25-21-35(22-26-37)44-27-45-40(43-44)34-17-13-31(14-18-34)29-9-5-2-6-10-29/h1-27H/q+1. The fraction of sp³-hybridized carbons (Fsp3) is 0. The smallest absolute Gasteiger partial charge is 0.368 e. The van der Waals surface area contributed by atoms with Crippen molar-refractivity contribution >= 4 is 0 Å². The molecule has 0 amide bonds. The first-order valence-corrected chi connectivity index (χ1v) is 15.2. The zero-order chi connectivity index (χ0) is 31.4. The molecule has 0 unspecified atom stereocenters. The fourth-order valence-electron chi connectivity index (χ4n) is 5.29. The minimum absolute atomic E-state index is 0.444. The van der Waals surface area contributed by atoms with Gasteiger partial charge in [0, 0.05) is 33.9 Å². The van der Waals surface area contributed by atoms with Gasteiger partial charge in [-0.25, -0.2) is 0 Å². The second-order valence-corrected chi connectivity index (χ2v) is 10.9. The molecule has 8 aromatic rings. The van der Waals surface area contributed by atoms with E-state index in [1.807, 2.05) is 109 Å². The Balaban J connectivity index is 0.905. The molecule has 2 aromatic heterocycles. The summed E-state index contributed by atoms with van der Waals surface area (Å²) in [6, 6.07) is 52.0. The highest BCUT2D eigenvalue weighted by Crippen LogP contribution is 2.29. The van der Waals surface area contributed by atoms with E-state index >= 15 is 0 Å². The van der Waals surface area contributed by atoms with Gasteiger partial charge in [-0.2, -0.15) is 0 Å². The van der Waals surface area contributed by atoms with Crippen molar-refractivity contribution in [2.24, 2.45) is 0 Å². The maximum absolute atomic E-state index is 6.08. The SMILES string of the molecule is c1ccc(-c2ccc(-c3n[n+](-c4ccc(Oc5ccc(-c6nnc(-c7ccc(-c8ccccc8)cc7)o6)cc5)cc4)co3)cc2)cc1. The molecule has 8 rings (SSSR count). The molecule has 2 heterocycles. The number of rotatable bonds is 8. The largest absolute Gasteiger partial charge is 0.457 e. The summed E-state index contributed by atoms with van der Waals surface area (Å²) in [4.78, 5) is 0. The zero-order valence-corrected chi connectivity index (χ0v) is 25.1. The summed E-state index contributed by atoms with van der Waals surface area (Å²) in [5, 5.41) is 13.2. The van der Waals surface area contributed by atoms with E-state index in [0.29, 0.717) is 29.2 Å². The average molecular weight is 612 g/mol. The Bertz CT molecular complexity index is 2060. The van der Waals surface area contributed by atoms with Crippen molar-refractivity contribution in [3.63, 3.8) is 0 Å². The number of ether oxygens (including phenoxy) is 1. The topological polar surface area (TPSA) is 78.1 Å². The number of aromatic nitrogens is 4. The first-order chi connectivity index (χ1) is 23.2. The normalized spacial score (nSPS) is 11.0. The van der Waals surface area contributed by atoms with E-state index in [-0.39, 0.29) is 0 Å². The van der Waals surface area contributed by atoms with E-state index in [2.05, 4.69) is 63.8 Å². The van der Waals surface area contributed by atoms with Crippen LogP contribution in [0.3, 0.4) is 0 Å². The summed E-state index contributed by atoms with van der Waals surface area (Å²) in [6.07, 6.45) is 1.59. The Morgan fingerprint density at radius 3 is 1.32 bits per heavy atom. The molecule has 224 valence electrons. The fourth-order valence-corrected chi connectivity index (χ4v) is 5.29. The molecule has 0 bridgehead atoms. The summed E-state index contributed by atoms with van der Waals surface area (Å²) in [6.45, 7) is 0. The molecule has 0 saturated heterocycles. The van der Waals surface area contributed by atoms with Gasteiger partial charge in [-0.3, -0.25) is 0 Å². The van der Waals surface area contributed by atoms with Crippen molar-refractivity contribution in [3.8, 4) is 73.8 Å². The highest BCUT2D eigenvalue weighted by Gasteiger charge is 2.17. The first-order valence-electron chi connectivity index (χ1n) is 15.2. The summed E-state index contributed by atoms with van der Waals surface area (Å²) < 4.78 is 19.6. The Morgan fingerprint density at radius 1 is 0.404 bits per heavy atom. The van der Waals surface area contributed by atoms with Crippen molar-refractivity contribution in [2.75, 3.05) is 0 Å². The lowest BCUT2D eigenvalue weighted by atomic mass is 10.0. The summed E-state index contributed by atoms with van der Waals surface area (Å²) >= 11 is 0. The molecule has 0 saturated carbocycles. The maximum Gasteiger partial charge on any atom is 0.368 e. The lowest BCUT2D eigenvalue weighted by Gasteiger charge is -2.05. The van der Waals surface area contributed by atoms with Crippen molar-refractivity contribution in [3.05, 3.63) is 164 Å². The van der Waals surface area contributed by atoms with Gasteiger partial charge in [0.1, 0.15) is 11.5 Å². The summed E-state index contributed by atoms with van der Waals surface area (Å²) in [5.41, 5.74) is 8.03. The minimum Gasteiger partial charge on any atom is -0.457 e. The van der Waals surface area contributed by atoms with Gasteiger partial charge in [0.15, 0.2) is 0 Å². The van der Waals surface area contributed by atoms with Crippen LogP contribution >= 0.6 is 0 Å². The predicted molar refractivity (Wildman–Crippen MR) is 180 cm³/mol. The quantitative estimate of drug-likeness (QED) is 0.159. The van der Waals surface area contributed by atoms with Crippen LogP contribution in [0.1, 0.15) is 0 Å². The van der Waals surface area contributed by atoms with Crippen LogP contribution < -0.4 is 9.42 Å². The predicted octanol–water partition coefficient (Wildman–Crippen LogP) is 9.46. The molecule has 0 spiro atoms. The van der Waals surface area contributed by atoms with E-state index in [0.717, 1.165) is 39.1 Å². The Labute approximate surface area is 271 Å². The molecule has 47 heavy (non-hydrogen) atoms. The first kappa shape index (κ1) is 27.9. The van der Waals surface area contributed by atoms with Crippen LogP contribution in [0.15, 0.2) is 173 Å². The Hall–Kier alpha value is -6.60. The van der Waals surface area contributed by atoms with E-state index < -0.39 is 0 Å². The highest BCUT2D eigenvalue weighted by molar-refractivity contribution is 5.68. The van der Waals surface area contributed by atoms with Crippen LogP contribution in [-0.4, -0.2) is 15.3 Å². The minimum atomic E-state index is 0.444. The van der Waals surface area contributed by atoms with Crippen molar-refractivity contribution in [1.29, 1.82) is 0 Å². The number of hydrogen-bond acceptors (Lipinski definition) is 6. The molecular formula is C40H27N4O3+. The van der Waals surface area contributed by atoms with Gasteiger partial charge in [-0.05, 0) is 87.6 Å². The van der Waals surface area contributed by atoms with Gasteiger partial charge in [0.25, 0.3) is 5.89 Å². The maximum atomic E-state index is 6.08. The highest BCUT2D eigenvalue weighted by atomic mass is 16.5. The molecule has 6 aromatic carbocycles. The summed E-state index contributed by atoms with van der Waals surface area (Å²) in [5.74, 6) is 2.84. The van der Waals surface area contributed by atoms with Gasteiger partial charge >= 0.3 is 6.39 Å². The number of benzene rings is 6. The van der Waals surface area contributed by atoms with Gasteiger partial charge in [0.2, 0.25) is 17.5 Å². The van der Waals surface area contributed by atoms with Crippen molar-refractivity contribution in [1.82, 2.24) is 15.3 Å². The van der Waals surface area contributed by atoms with Gasteiger partial charge in [0.05, 0.1) is 0 Å². The second kappa shape index (κ2) is 12.4. The van der Waals surface area contributed by atoms with Gasteiger partial charge < -0.3 is 13.6 Å². The molecule has 0 N–H and O–H groups in total. The molecular weight excluding hydrogens is 584 g/mol. The Kier molecular flexibility index (Phi) is 7.38. The zero-order valence-electron chi connectivity index (χ0n) is 25.1. The van der Waals surface area contributed by atoms with E-state index in [1.165, 1.54) is 5.56 Å². The van der Waals surface area contributed by atoms with Gasteiger partial charge in [-0.15, -0.1) is 10.2 Å². The molecule has 0 aliphatic rings. The second-order valence-electron chi connectivity index (χ2n) is 10.9. The lowest BCUT2D eigenvalue weighted by molar-refractivity contribution is -0.659. The van der Waals surface area contributed by atoms with Crippen LogP contribution in [0.4, 0.5) is 0 Å². The Morgan fingerprint density at radius 2 is 0.809 bits per heavy atom.